The van der Waals surface area contributed by atoms with Gasteiger partial charge in [-0.1, -0.05) is 23.7 Å². The van der Waals surface area contributed by atoms with Gasteiger partial charge in [-0.15, -0.1) is 0 Å². The molecule has 0 aliphatic carbocycles. The van der Waals surface area contributed by atoms with Gasteiger partial charge in [-0.3, -0.25) is 0 Å². The van der Waals surface area contributed by atoms with Crippen molar-refractivity contribution in [2.24, 2.45) is 0 Å². The summed E-state index contributed by atoms with van der Waals surface area (Å²) in [5.41, 5.74) is -0.634. The summed E-state index contributed by atoms with van der Waals surface area (Å²) in [5, 5.41) is 13.9. The molecule has 1 aromatic rings. The molecule has 4 heteroatoms. The molecule has 2 atom stereocenters. The van der Waals surface area contributed by atoms with Crippen LogP contribution in [0.1, 0.15) is 31.7 Å². The zero-order valence-electron chi connectivity index (χ0n) is 13.7. The van der Waals surface area contributed by atoms with Crippen LogP contribution < -0.4 is 5.32 Å². The maximum absolute atomic E-state index is 10.9. The van der Waals surface area contributed by atoms with Crippen LogP contribution in [-0.2, 0) is 10.5 Å². The van der Waals surface area contributed by atoms with Crippen molar-refractivity contribution >= 4 is 11.6 Å². The molecule has 0 aromatic heterocycles. The summed E-state index contributed by atoms with van der Waals surface area (Å²) in [6, 6.07) is 3.62. The largest absolute Gasteiger partial charge is 0.361 e. The maximum Gasteiger partial charge on any atom is 0.208 e. The summed E-state index contributed by atoms with van der Waals surface area (Å²) in [6.07, 6.45) is 0. The highest BCUT2D eigenvalue weighted by Crippen LogP contribution is 2.33. The lowest BCUT2D eigenvalue weighted by atomic mass is 9.93. The second-order valence-corrected chi connectivity index (χ2v) is 5.26. The Labute approximate surface area is 112 Å². The van der Waals surface area contributed by atoms with Gasteiger partial charge < -0.3 is 15.2 Å². The average molecular weight is 260 g/mol. The monoisotopic (exact) mass is 259 g/mol. The molecule has 94 valence electrons. The lowest BCUT2D eigenvalue weighted by Gasteiger charge is -2.46. The third-order valence-electron chi connectivity index (χ3n) is 2.66. The van der Waals surface area contributed by atoms with Crippen molar-refractivity contribution in [1.29, 1.82) is 0 Å². The molecule has 2 N–H and O–H groups in total. The highest BCUT2D eigenvalue weighted by Gasteiger charge is 2.44. The van der Waals surface area contributed by atoms with E-state index in [1.54, 1.807) is 26.0 Å². The number of nitrogens with one attached hydrogen (secondary N) is 1. The van der Waals surface area contributed by atoms with Gasteiger partial charge in [0.2, 0.25) is 5.79 Å². The van der Waals surface area contributed by atoms with Gasteiger partial charge in [0.1, 0.15) is 0 Å². The minimum Gasteiger partial charge on any atom is -0.361 e. The van der Waals surface area contributed by atoms with Crippen LogP contribution in [-0.4, -0.2) is 23.3 Å². The molecule has 1 fully saturated rings. The van der Waals surface area contributed by atoms with E-state index < -0.39 is 24.2 Å². The fourth-order valence-corrected chi connectivity index (χ4v) is 1.93. The average Bonchev–Trinajstić information content (AvgIpc) is 2.32. The van der Waals surface area contributed by atoms with Crippen LogP contribution in [0.5, 0.6) is 0 Å². The van der Waals surface area contributed by atoms with E-state index in [0.29, 0.717) is 5.02 Å². The van der Waals surface area contributed by atoms with Gasteiger partial charge in [0, 0.05) is 20.2 Å². The standard InChI is InChI=1S/C13H18ClNO2/c1-9-13(16,17-8-12(2,3)15-9)10-5-4-6-11(14)7-10/h4-7,9,15-16H,8H2,1-3H3/t9-,13+/m0/s1/i1D3,9D. The Bertz CT molecular complexity index is 551. The first-order valence-corrected chi connectivity index (χ1v) is 5.71. The summed E-state index contributed by atoms with van der Waals surface area (Å²) >= 11 is 5.90. The lowest BCUT2D eigenvalue weighted by Crippen LogP contribution is -2.63. The van der Waals surface area contributed by atoms with E-state index in [4.69, 9.17) is 21.8 Å². The Morgan fingerprint density at radius 2 is 2.41 bits per heavy atom. The maximum atomic E-state index is 10.9. The number of morpholine rings is 1. The minimum atomic E-state index is -2.82. The zero-order valence-corrected chi connectivity index (χ0v) is 10.5. The zero-order chi connectivity index (χ0) is 16.1. The van der Waals surface area contributed by atoms with E-state index in [2.05, 4.69) is 5.32 Å². The molecule has 0 unspecified atom stereocenters. The fourth-order valence-electron chi connectivity index (χ4n) is 1.74. The first kappa shape index (κ1) is 8.48. The molecule has 17 heavy (non-hydrogen) atoms. The van der Waals surface area contributed by atoms with Crippen LogP contribution in [0.3, 0.4) is 0 Å². The molecule has 0 amide bonds. The van der Waals surface area contributed by atoms with E-state index in [9.17, 15) is 5.11 Å². The third-order valence-corrected chi connectivity index (χ3v) is 2.90. The molecule has 1 aliphatic heterocycles. The Morgan fingerprint density at radius 3 is 3.06 bits per heavy atom. The van der Waals surface area contributed by atoms with Crippen molar-refractivity contribution in [3.63, 3.8) is 0 Å². The second kappa shape index (κ2) is 4.25. The number of benzene rings is 1. The quantitative estimate of drug-likeness (QED) is 0.813. The fraction of sp³-hybridized carbons (Fsp3) is 0.538. The molecule has 0 spiro atoms. The van der Waals surface area contributed by atoms with E-state index in [1.807, 2.05) is 0 Å². The summed E-state index contributed by atoms with van der Waals surface area (Å²) < 4.78 is 36.9. The van der Waals surface area contributed by atoms with E-state index in [-0.39, 0.29) is 12.2 Å². The molecule has 3 nitrogen and oxygen atoms in total. The second-order valence-electron chi connectivity index (χ2n) is 4.83. The molecule has 2 rings (SSSR count). The number of rotatable bonds is 1. The molecular formula is C13H18ClNO2. The molecule has 1 aromatic carbocycles. The third kappa shape index (κ3) is 2.47. The predicted molar refractivity (Wildman–Crippen MR) is 68.0 cm³/mol. The highest BCUT2D eigenvalue weighted by molar-refractivity contribution is 6.30. The van der Waals surface area contributed by atoms with Crippen molar-refractivity contribution in [2.75, 3.05) is 6.61 Å². The van der Waals surface area contributed by atoms with Gasteiger partial charge in [-0.25, -0.2) is 0 Å². The first-order valence-electron chi connectivity index (χ1n) is 7.33. The van der Waals surface area contributed by atoms with Gasteiger partial charge in [-0.05, 0) is 32.8 Å². The van der Waals surface area contributed by atoms with Crippen molar-refractivity contribution in [1.82, 2.24) is 5.32 Å². The van der Waals surface area contributed by atoms with Crippen molar-refractivity contribution in [3.8, 4) is 0 Å². The Balaban J connectivity index is 2.59. The molecule has 0 bridgehead atoms. The van der Waals surface area contributed by atoms with Gasteiger partial charge >= 0.3 is 0 Å². The number of aliphatic hydroxyl groups is 1. The molecular weight excluding hydrogens is 238 g/mol. The normalized spacial score (nSPS) is 40.9. The van der Waals surface area contributed by atoms with Crippen molar-refractivity contribution in [3.05, 3.63) is 34.9 Å². The topological polar surface area (TPSA) is 41.5 Å². The van der Waals surface area contributed by atoms with Crippen LogP contribution in [0.2, 0.25) is 5.02 Å². The van der Waals surface area contributed by atoms with E-state index in [1.165, 1.54) is 12.1 Å². The number of hydrogen-bond donors (Lipinski definition) is 2. The van der Waals surface area contributed by atoms with Crippen LogP contribution in [0.15, 0.2) is 24.3 Å². The van der Waals surface area contributed by atoms with Gasteiger partial charge in [0.25, 0.3) is 0 Å². The van der Waals surface area contributed by atoms with Crippen LogP contribution in [0.25, 0.3) is 0 Å². The number of ether oxygens (including phenoxy) is 1. The van der Waals surface area contributed by atoms with Crippen LogP contribution in [0, 0.1) is 0 Å². The molecule has 1 aliphatic rings. The summed E-state index contributed by atoms with van der Waals surface area (Å²) in [6.45, 7) is 0.646. The number of halogens is 1. The lowest BCUT2D eigenvalue weighted by molar-refractivity contribution is -0.263. The van der Waals surface area contributed by atoms with Gasteiger partial charge in [-0.2, -0.15) is 0 Å². The first-order chi connectivity index (χ1) is 9.41. The molecule has 0 saturated carbocycles. The molecule has 0 radical (unpaired) electrons. The Kier molecular flexibility index (Phi) is 2.12. The van der Waals surface area contributed by atoms with Crippen LogP contribution >= 0.6 is 11.6 Å². The highest BCUT2D eigenvalue weighted by atomic mass is 35.5. The van der Waals surface area contributed by atoms with Gasteiger partial charge in [0.15, 0.2) is 0 Å². The Hall–Kier alpha value is -0.610. The molecule has 1 heterocycles. The predicted octanol–water partition coefficient (Wildman–Crippen LogP) is 2.27. The summed E-state index contributed by atoms with van der Waals surface area (Å²) in [5.74, 6) is -2.33. The molecule has 1 saturated heterocycles. The minimum absolute atomic E-state index is 0.0483. The number of hydrogen-bond acceptors (Lipinski definition) is 3. The summed E-state index contributed by atoms with van der Waals surface area (Å²) in [4.78, 5) is 0. The Morgan fingerprint density at radius 1 is 1.65 bits per heavy atom. The van der Waals surface area contributed by atoms with Crippen LogP contribution in [0.4, 0.5) is 0 Å². The summed E-state index contributed by atoms with van der Waals surface area (Å²) in [7, 11) is 0. The van der Waals surface area contributed by atoms with E-state index >= 15 is 0 Å². The smallest absolute Gasteiger partial charge is 0.208 e. The van der Waals surface area contributed by atoms with Gasteiger partial charge in [0.05, 0.1) is 14.0 Å². The van der Waals surface area contributed by atoms with Crippen molar-refractivity contribution < 1.29 is 15.3 Å². The van der Waals surface area contributed by atoms with E-state index in [0.717, 1.165) is 0 Å². The SMILES string of the molecule is [2H]C([2H])([2H])[C@]1([2H])NC(C)(C)CO[C@@]1(O)c1cccc(Cl)c1. The van der Waals surface area contributed by atoms with Crippen molar-refractivity contribution in [2.45, 2.75) is 38.0 Å².